The highest BCUT2D eigenvalue weighted by atomic mass is 35.5. The van der Waals surface area contributed by atoms with Gasteiger partial charge in [-0.2, -0.15) is 0 Å². The van der Waals surface area contributed by atoms with E-state index < -0.39 is 0 Å². The predicted octanol–water partition coefficient (Wildman–Crippen LogP) is 3.55. The molecule has 18 heavy (non-hydrogen) atoms. The molecular formula is C14H19ClFNO. The molecule has 0 aromatic heterocycles. The van der Waals surface area contributed by atoms with Gasteiger partial charge in [-0.25, -0.2) is 4.39 Å². The molecule has 1 fully saturated rings. The Bertz CT molecular complexity index is 419. The van der Waals surface area contributed by atoms with E-state index in [4.69, 9.17) is 16.3 Å². The summed E-state index contributed by atoms with van der Waals surface area (Å²) in [6.07, 6.45) is 1.95. The minimum Gasteiger partial charge on any atom is -0.485 e. The van der Waals surface area contributed by atoms with Crippen LogP contribution in [0, 0.1) is 18.7 Å². The molecular weight excluding hydrogens is 253 g/mol. The first-order chi connectivity index (χ1) is 8.63. The fraction of sp³-hybridized carbons (Fsp3) is 0.571. The monoisotopic (exact) mass is 271 g/mol. The lowest BCUT2D eigenvalue weighted by molar-refractivity contribution is 0.132. The molecule has 4 heteroatoms. The van der Waals surface area contributed by atoms with Crippen LogP contribution in [0.25, 0.3) is 0 Å². The van der Waals surface area contributed by atoms with Crippen molar-refractivity contribution in [1.29, 1.82) is 0 Å². The lowest BCUT2D eigenvalue weighted by Crippen LogP contribution is -2.28. The summed E-state index contributed by atoms with van der Waals surface area (Å²) in [6.45, 7) is 5.72. The standard InChI is InChI=1S/C14H19ClFNO/c1-3-12(10-6-7-17-8-10)18-14-11(15)5-4-9(2)13(14)16/h4-5,10,12,17H,3,6-8H2,1-2H3/t10-,12+/m0/s1. The maximum absolute atomic E-state index is 14.0. The second-order valence-electron chi connectivity index (χ2n) is 4.82. The number of rotatable bonds is 4. The average molecular weight is 272 g/mol. The van der Waals surface area contributed by atoms with Crippen molar-refractivity contribution in [2.45, 2.75) is 32.8 Å². The lowest BCUT2D eigenvalue weighted by Gasteiger charge is -2.24. The number of benzene rings is 1. The van der Waals surface area contributed by atoms with Crippen LogP contribution in [0.15, 0.2) is 12.1 Å². The Kier molecular flexibility index (Phi) is 4.46. The van der Waals surface area contributed by atoms with Crippen molar-refractivity contribution < 1.29 is 9.13 Å². The van der Waals surface area contributed by atoms with Gasteiger partial charge in [0.2, 0.25) is 0 Å². The maximum Gasteiger partial charge on any atom is 0.174 e. The molecule has 0 bridgehead atoms. The van der Waals surface area contributed by atoms with E-state index >= 15 is 0 Å². The molecule has 0 radical (unpaired) electrons. The Morgan fingerprint density at radius 3 is 2.94 bits per heavy atom. The summed E-state index contributed by atoms with van der Waals surface area (Å²) in [5.74, 6) is 0.299. The van der Waals surface area contributed by atoms with E-state index in [9.17, 15) is 4.39 Å². The van der Waals surface area contributed by atoms with E-state index in [1.807, 2.05) is 0 Å². The van der Waals surface area contributed by atoms with E-state index in [0.29, 0.717) is 16.5 Å². The predicted molar refractivity (Wildman–Crippen MR) is 71.8 cm³/mol. The number of nitrogens with one attached hydrogen (secondary N) is 1. The summed E-state index contributed by atoms with van der Waals surface area (Å²) >= 11 is 6.03. The summed E-state index contributed by atoms with van der Waals surface area (Å²) in [6, 6.07) is 3.36. The first-order valence-electron chi connectivity index (χ1n) is 6.45. The summed E-state index contributed by atoms with van der Waals surface area (Å²) in [7, 11) is 0. The van der Waals surface area contributed by atoms with Gasteiger partial charge in [-0.3, -0.25) is 0 Å². The van der Waals surface area contributed by atoms with Crippen LogP contribution in [0.2, 0.25) is 5.02 Å². The molecule has 1 aliphatic heterocycles. The number of hydrogen-bond acceptors (Lipinski definition) is 2. The highest BCUT2D eigenvalue weighted by Crippen LogP contribution is 2.32. The summed E-state index contributed by atoms with van der Waals surface area (Å²) in [5, 5.41) is 3.66. The van der Waals surface area contributed by atoms with Crippen LogP contribution < -0.4 is 10.1 Å². The van der Waals surface area contributed by atoms with Gasteiger partial charge in [0.05, 0.1) is 5.02 Å². The third-order valence-electron chi connectivity index (χ3n) is 3.54. The van der Waals surface area contributed by atoms with Gasteiger partial charge in [0.15, 0.2) is 11.6 Å². The van der Waals surface area contributed by atoms with Crippen LogP contribution in [0.3, 0.4) is 0 Å². The molecule has 0 unspecified atom stereocenters. The summed E-state index contributed by atoms with van der Waals surface area (Å²) < 4.78 is 19.9. The molecule has 0 amide bonds. The molecule has 100 valence electrons. The van der Waals surface area contributed by atoms with E-state index in [0.717, 1.165) is 25.9 Å². The molecule has 2 atom stereocenters. The van der Waals surface area contributed by atoms with E-state index in [1.165, 1.54) is 0 Å². The minimum atomic E-state index is -0.341. The summed E-state index contributed by atoms with van der Waals surface area (Å²) in [5.41, 5.74) is 0.564. The van der Waals surface area contributed by atoms with Gasteiger partial charge in [-0.15, -0.1) is 0 Å². The molecule has 0 saturated carbocycles. The van der Waals surface area contributed by atoms with Crippen LogP contribution in [-0.4, -0.2) is 19.2 Å². The largest absolute Gasteiger partial charge is 0.485 e. The van der Waals surface area contributed by atoms with Gasteiger partial charge in [0.25, 0.3) is 0 Å². The van der Waals surface area contributed by atoms with Gasteiger partial charge in [-0.1, -0.05) is 24.6 Å². The SMILES string of the molecule is CC[C@@H](Oc1c(Cl)ccc(C)c1F)[C@H]1CCNC1. The van der Waals surface area contributed by atoms with Crippen LogP contribution in [0.4, 0.5) is 4.39 Å². The van der Waals surface area contributed by atoms with Crippen molar-refractivity contribution >= 4 is 11.6 Å². The topological polar surface area (TPSA) is 21.3 Å². The molecule has 2 nitrogen and oxygen atoms in total. The van der Waals surface area contributed by atoms with Crippen molar-refractivity contribution in [1.82, 2.24) is 5.32 Å². The highest BCUT2D eigenvalue weighted by Gasteiger charge is 2.26. The fourth-order valence-corrected chi connectivity index (χ4v) is 2.59. The van der Waals surface area contributed by atoms with Gasteiger partial charge in [0, 0.05) is 12.5 Å². The molecule has 1 aromatic carbocycles. The Balaban J connectivity index is 2.18. The number of ether oxygens (including phenoxy) is 1. The van der Waals surface area contributed by atoms with Crippen molar-refractivity contribution in [2.75, 3.05) is 13.1 Å². The van der Waals surface area contributed by atoms with Gasteiger partial charge in [-0.05, 0) is 37.9 Å². The molecule has 1 heterocycles. The smallest absolute Gasteiger partial charge is 0.174 e. The second-order valence-corrected chi connectivity index (χ2v) is 5.23. The van der Waals surface area contributed by atoms with Gasteiger partial charge >= 0.3 is 0 Å². The molecule has 0 aliphatic carbocycles. The van der Waals surface area contributed by atoms with Crippen molar-refractivity contribution in [3.05, 3.63) is 28.5 Å². The van der Waals surface area contributed by atoms with Crippen LogP contribution >= 0.6 is 11.6 Å². The quantitative estimate of drug-likeness (QED) is 0.904. The van der Waals surface area contributed by atoms with Crippen LogP contribution in [0.1, 0.15) is 25.3 Å². The molecule has 0 spiro atoms. The first-order valence-corrected chi connectivity index (χ1v) is 6.83. The zero-order valence-electron chi connectivity index (χ0n) is 10.8. The third-order valence-corrected chi connectivity index (χ3v) is 3.84. The normalized spacial score (nSPS) is 21.0. The Morgan fingerprint density at radius 2 is 2.33 bits per heavy atom. The average Bonchev–Trinajstić information content (AvgIpc) is 2.88. The van der Waals surface area contributed by atoms with Crippen LogP contribution in [-0.2, 0) is 0 Å². The Labute approximate surface area is 112 Å². The minimum absolute atomic E-state index is 0.0220. The number of halogens is 2. The van der Waals surface area contributed by atoms with E-state index in [1.54, 1.807) is 19.1 Å². The van der Waals surface area contributed by atoms with Crippen molar-refractivity contribution in [2.24, 2.45) is 5.92 Å². The van der Waals surface area contributed by atoms with Gasteiger partial charge in [0.1, 0.15) is 6.10 Å². The van der Waals surface area contributed by atoms with Crippen molar-refractivity contribution in [3.8, 4) is 5.75 Å². The molecule has 2 rings (SSSR count). The molecule has 1 aromatic rings. The van der Waals surface area contributed by atoms with Gasteiger partial charge < -0.3 is 10.1 Å². The highest BCUT2D eigenvalue weighted by molar-refractivity contribution is 6.32. The fourth-order valence-electron chi connectivity index (χ4n) is 2.40. The zero-order chi connectivity index (χ0) is 13.1. The van der Waals surface area contributed by atoms with Crippen LogP contribution in [0.5, 0.6) is 5.75 Å². The first kappa shape index (κ1) is 13.6. The maximum atomic E-state index is 14.0. The lowest BCUT2D eigenvalue weighted by atomic mass is 9.99. The molecule has 1 aliphatic rings. The molecule has 1 N–H and O–H groups in total. The van der Waals surface area contributed by atoms with Crippen molar-refractivity contribution in [3.63, 3.8) is 0 Å². The summed E-state index contributed by atoms with van der Waals surface area (Å²) in [4.78, 5) is 0. The third kappa shape index (κ3) is 2.78. The zero-order valence-corrected chi connectivity index (χ0v) is 11.6. The molecule has 1 saturated heterocycles. The second kappa shape index (κ2) is 5.89. The number of aryl methyl sites for hydroxylation is 1. The van der Waals surface area contributed by atoms with E-state index in [2.05, 4.69) is 12.2 Å². The number of hydrogen-bond donors (Lipinski definition) is 1. The Hall–Kier alpha value is -0.800. The van der Waals surface area contributed by atoms with E-state index in [-0.39, 0.29) is 17.7 Å². The Morgan fingerprint density at radius 1 is 1.56 bits per heavy atom.